The van der Waals surface area contributed by atoms with Crippen LogP contribution in [0.3, 0.4) is 0 Å². The average molecular weight is 2060 g/mol. The molecule has 0 heterocycles. The van der Waals surface area contributed by atoms with E-state index in [1.807, 2.05) is 0 Å². The van der Waals surface area contributed by atoms with Gasteiger partial charge in [0.05, 0.1) is 24.4 Å². The van der Waals surface area contributed by atoms with Gasteiger partial charge in [-0.05, 0) is 247 Å². The van der Waals surface area contributed by atoms with Crippen LogP contribution in [-0.2, 0) is 10.4 Å². The van der Waals surface area contributed by atoms with Crippen molar-refractivity contribution in [3.05, 3.63) is 117 Å². The fraction of sp³-hybridized carbons (Fsp3) is 0.778. The van der Waals surface area contributed by atoms with Gasteiger partial charge < -0.3 is 25.9 Å². The predicted molar refractivity (Wildman–Crippen MR) is 518 cm³/mol. The van der Waals surface area contributed by atoms with Crippen LogP contribution >= 0.6 is 156 Å². The molecule has 25 heteroatoms. The second-order valence-electron chi connectivity index (χ2n) is 35.7. The summed E-state index contributed by atoms with van der Waals surface area (Å²) in [7, 11) is 10.2. The second-order valence-corrected chi connectivity index (χ2v) is 48.8. The molecule has 16 aliphatic rings. The van der Waals surface area contributed by atoms with Crippen LogP contribution in [0.15, 0.2) is 117 Å². The van der Waals surface area contributed by atoms with Gasteiger partial charge in [-0.25, -0.2) is 30.1 Å². The normalized spacial score (nSPS) is 30.3. The van der Waals surface area contributed by atoms with Gasteiger partial charge in [0.25, 0.3) is 0 Å². The summed E-state index contributed by atoms with van der Waals surface area (Å²) >= 11 is 46.1. The maximum atomic E-state index is 9.67. The minimum absolute atomic E-state index is 0. The third-order valence-electron chi connectivity index (χ3n) is 25.3. The van der Waals surface area contributed by atoms with E-state index < -0.39 is 26.1 Å². The van der Waals surface area contributed by atoms with Crippen LogP contribution in [0.5, 0.6) is 0 Å². The number of aliphatic hydroxyl groups excluding tert-OH is 4. The van der Waals surface area contributed by atoms with E-state index in [-0.39, 0.29) is 68.3 Å². The van der Waals surface area contributed by atoms with E-state index in [1.165, 1.54) is 101 Å². The van der Waals surface area contributed by atoms with Crippen molar-refractivity contribution in [1.29, 1.82) is 0 Å². The average Bonchev–Trinajstić information content (AvgIpc) is 1.60. The molecular weight excluding hydrogens is 1900 g/mol. The number of hydrogen-bond acceptors (Lipinski definition) is 7. The van der Waals surface area contributed by atoms with E-state index in [9.17, 15) is 10.2 Å². The Morgan fingerprint density at radius 2 is 0.765 bits per heavy atom. The zero-order valence-corrected chi connectivity index (χ0v) is 88.7. The molecule has 0 spiro atoms. The fourth-order valence-electron chi connectivity index (χ4n) is 18.6. The van der Waals surface area contributed by atoms with Crippen molar-refractivity contribution in [3.63, 3.8) is 0 Å². The number of fused-ring (bicyclic) bond motifs is 10. The van der Waals surface area contributed by atoms with Gasteiger partial charge in [0.15, 0.2) is 0 Å². The Hall–Kier alpha value is 2.94. The molecule has 0 aromatic heterocycles. The molecule has 0 radical (unpaired) electrons. The van der Waals surface area contributed by atoms with Crippen molar-refractivity contribution < 1.29 is 74.4 Å². The molecule has 668 valence electrons. The summed E-state index contributed by atoms with van der Waals surface area (Å²) in [5.41, 5.74) is 16.8. The number of hydrogen-bond donors (Lipinski definition) is 6. The van der Waals surface area contributed by atoms with Crippen LogP contribution in [-0.4, -0.2) is 116 Å². The molecular formula is C90H153AlBr3Cl10NaO9S. The summed E-state index contributed by atoms with van der Waals surface area (Å²) in [6.07, 6.45) is 63.2. The summed E-state index contributed by atoms with van der Waals surface area (Å²) in [5, 5.41) is 38.8. The van der Waals surface area contributed by atoms with Gasteiger partial charge in [0, 0.05) is 73.2 Å². The molecule has 9 nitrogen and oxygen atoms in total. The van der Waals surface area contributed by atoms with Gasteiger partial charge in [0.2, 0.25) is 0 Å². The van der Waals surface area contributed by atoms with Crippen LogP contribution in [0, 0.1) is 56.7 Å². The molecule has 0 saturated heterocycles. The van der Waals surface area contributed by atoms with E-state index in [0.717, 1.165) is 145 Å². The molecule has 0 amide bonds. The van der Waals surface area contributed by atoms with Gasteiger partial charge in [0.1, 0.15) is 4.33 Å². The molecule has 0 aromatic carbocycles. The number of rotatable bonds is 0. The number of alkyl halides is 8. The van der Waals surface area contributed by atoms with Gasteiger partial charge in [-0.2, -0.15) is 8.42 Å². The van der Waals surface area contributed by atoms with Gasteiger partial charge in [-0.3, -0.25) is 9.11 Å². The summed E-state index contributed by atoms with van der Waals surface area (Å²) in [5.74, 6) is 3.60. The third kappa shape index (κ3) is 46.7. The van der Waals surface area contributed by atoms with Gasteiger partial charge in [-0.1, -0.05) is 255 Å². The molecule has 16 rings (SSSR count). The van der Waals surface area contributed by atoms with E-state index in [4.69, 9.17) is 127 Å². The number of halogens is 13. The van der Waals surface area contributed by atoms with Crippen molar-refractivity contribution in [1.82, 2.24) is 0 Å². The van der Waals surface area contributed by atoms with E-state index in [2.05, 4.69) is 220 Å². The monoisotopic (exact) mass is 2050 g/mol. The van der Waals surface area contributed by atoms with Crippen molar-refractivity contribution in [2.24, 2.45) is 56.7 Å². The van der Waals surface area contributed by atoms with Gasteiger partial charge in [-0.15, -0.1) is 81.2 Å². The molecule has 0 aliphatic heterocycles. The third-order valence-corrected chi connectivity index (χ3v) is 28.0. The first-order valence-corrected chi connectivity index (χ1v) is 55.7. The standard InChI is InChI=1S/C10H15Br.C10H18O.C10H16O.C10H14.C9H12.2C6H10Cl2.C6H12O2.C6H12.2C6H8.C3H6Cl2.CH3Cl.CH4.Al.Br2.3ClH.Na.H2O4S.H2O.H2/c3*1-6-4-8-9(11)5-7(6)10(8,2)3;1-7-6-8-4-5-9(7)10(8,2)3;1-9(2)7-3-4-8(9)6-5-7;3*7-5-1-2-6(8)4-3-5;3*1-2-4-6-5-3-1;1-3(2,4)5;1-2;;;1-2;;;;;1-5(2,3)4;;/h8-9H,4-5H2,1-3H3;6-9,11H,4-5H2,1-3H3;8-9,11H,4-5H2,1-3H3;4H,5-6H2,1-3H3;3,6H,4-5H2,1-2H3;2*5-6H,1-4H2;5-8H,1-4H2;1-6H2;2*1-2,5-6H,3-4H2;1-2H3;1H3;1H4;;;3*1H;;(H2,1,2,3,4);1H2;1H/q;;;;;;;;;;;;;;+3;;;;;+1;;;/p-4. The summed E-state index contributed by atoms with van der Waals surface area (Å²) in [6.45, 7) is 35.9. The summed E-state index contributed by atoms with van der Waals surface area (Å²) < 4.78 is 31.0. The van der Waals surface area contributed by atoms with Crippen LogP contribution in [0.1, 0.15) is 325 Å². The molecule has 8 unspecified atom stereocenters. The molecule has 8 fully saturated rings. The first kappa shape index (κ1) is 122. The molecule has 8 atom stereocenters. The van der Waals surface area contributed by atoms with Crippen LogP contribution in [0.25, 0.3) is 0 Å². The minimum Gasteiger partial charge on any atom is -0.870 e. The molecule has 0 aromatic rings. The van der Waals surface area contributed by atoms with Crippen molar-refractivity contribution in [2.75, 3.05) is 6.38 Å². The first-order chi connectivity index (χ1) is 52.0. The SMILES string of the molecule is BrBr.C.C1=CCC=CC1.C1=CCC=CC1.C1CCCCC1.CC(C)(Cl)Cl.CC1(C)C2=CCC1=CC2.CC1=C2CC(Br)C(C1)C2(C)C.CC1=C2CC(O)C(C1)C2(C)C.CC1=C2CC=C(C1)C2(C)C.CC1CC2C(O)CC1C2(C)C.CCl.ClC1CCC(Cl)CC1.ClC1CCC(Cl)CC1.O=S(=O)(O)O.OC1CCC(O)CC1.[Cl][Al]([Cl])[Cl].[HH].[Na+].[OH-]. The Morgan fingerprint density at radius 1 is 0.470 bits per heavy atom. The predicted octanol–water partition coefficient (Wildman–Crippen LogP) is 28.9. The summed E-state index contributed by atoms with van der Waals surface area (Å²) in [6, 6.07) is 0. The Balaban J connectivity index is -0.000000584. The smallest absolute Gasteiger partial charge is 0.870 e. The largest absolute Gasteiger partial charge is 1.00 e. The second kappa shape index (κ2) is 61.5. The van der Waals surface area contributed by atoms with Gasteiger partial charge >= 0.3 is 51.3 Å². The maximum Gasteiger partial charge on any atom is 1.00 e. The van der Waals surface area contributed by atoms with Crippen LogP contribution in [0.4, 0.5) is 0 Å². The quantitative estimate of drug-likeness (QED) is 0.0594. The molecule has 16 aliphatic carbocycles. The molecule has 10 bridgehead atoms. The van der Waals surface area contributed by atoms with Crippen molar-refractivity contribution in [2.45, 2.75) is 379 Å². The zero-order valence-electron chi connectivity index (χ0n) is 72.4. The number of aliphatic hydroxyl groups is 4. The van der Waals surface area contributed by atoms with E-state index in [0.29, 0.717) is 60.4 Å². The fourth-order valence-corrected chi connectivity index (χ4v) is 20.8. The zero-order chi connectivity index (χ0) is 85.8. The number of allylic oxidation sites excluding steroid dienone is 19. The van der Waals surface area contributed by atoms with Crippen LogP contribution < -0.4 is 29.6 Å². The molecule has 8 saturated carbocycles. The Morgan fingerprint density at radius 3 is 0.913 bits per heavy atom. The summed E-state index contributed by atoms with van der Waals surface area (Å²) in [4.78, 5) is 0.760. The Bertz CT molecular complexity index is 2890. The Kier molecular flexibility index (Phi) is 65.2. The van der Waals surface area contributed by atoms with E-state index in [1.54, 1.807) is 52.9 Å². The Labute approximate surface area is 801 Å². The topological polar surface area (TPSA) is 186 Å². The minimum atomic E-state index is -4.67. The molecule has 115 heavy (non-hydrogen) atoms. The first-order valence-electron chi connectivity index (χ1n) is 41.2. The van der Waals surface area contributed by atoms with Crippen molar-refractivity contribution in [3.8, 4) is 0 Å². The van der Waals surface area contributed by atoms with E-state index >= 15 is 0 Å². The molecule has 7 N–H and O–H groups in total. The van der Waals surface area contributed by atoms with Crippen molar-refractivity contribution >= 4 is 177 Å². The maximum absolute atomic E-state index is 9.67. The van der Waals surface area contributed by atoms with Crippen LogP contribution in [0.2, 0.25) is 0 Å².